The Morgan fingerprint density at radius 2 is 1.56 bits per heavy atom. The lowest BCUT2D eigenvalue weighted by atomic mass is 9.94. The van der Waals surface area contributed by atoms with E-state index in [9.17, 15) is 0 Å². The zero-order valence-electron chi connectivity index (χ0n) is 18.5. The van der Waals surface area contributed by atoms with E-state index in [1.54, 1.807) is 5.19 Å². The predicted molar refractivity (Wildman–Crippen MR) is 122 cm³/mol. The second-order valence-corrected chi connectivity index (χ2v) is 15.0. The van der Waals surface area contributed by atoms with Crippen molar-refractivity contribution in [3.8, 4) is 11.3 Å². The first kappa shape index (κ1) is 19.8. The van der Waals surface area contributed by atoms with Gasteiger partial charge in [0.15, 0.2) is 6.20 Å². The molecule has 2 heteroatoms. The van der Waals surface area contributed by atoms with Gasteiger partial charge in [0, 0.05) is 6.07 Å². The number of nitrogens with zero attached hydrogens (tertiary/aromatic N) is 1. The van der Waals surface area contributed by atoms with E-state index >= 15 is 0 Å². The highest BCUT2D eigenvalue weighted by molar-refractivity contribution is 6.92. The van der Waals surface area contributed by atoms with E-state index in [0.29, 0.717) is 5.04 Å². The molecule has 0 saturated heterocycles. The molecule has 0 amide bonds. The molecule has 27 heavy (non-hydrogen) atoms. The summed E-state index contributed by atoms with van der Waals surface area (Å²) in [5.41, 5.74) is 6.72. The first-order valence-corrected chi connectivity index (χ1v) is 12.9. The molecule has 0 spiro atoms. The van der Waals surface area contributed by atoms with Gasteiger partial charge in [0.2, 0.25) is 5.69 Å². The van der Waals surface area contributed by atoms with Crippen molar-refractivity contribution in [2.45, 2.75) is 59.7 Å². The second kappa shape index (κ2) is 6.59. The van der Waals surface area contributed by atoms with Gasteiger partial charge in [-0.25, -0.2) is 4.57 Å². The number of aryl methyl sites for hydroxylation is 3. The number of aromatic nitrogens is 1. The van der Waals surface area contributed by atoms with Crippen LogP contribution in [0.4, 0.5) is 0 Å². The molecule has 3 rings (SSSR count). The predicted octanol–water partition coefficient (Wildman–Crippen LogP) is 5.97. The van der Waals surface area contributed by atoms with Crippen molar-refractivity contribution in [2.75, 3.05) is 0 Å². The fourth-order valence-corrected chi connectivity index (χ4v) is 5.70. The van der Waals surface area contributed by atoms with Gasteiger partial charge < -0.3 is 0 Å². The van der Waals surface area contributed by atoms with E-state index in [1.165, 1.54) is 38.7 Å². The summed E-state index contributed by atoms with van der Waals surface area (Å²) >= 11 is 0. The molecule has 1 nitrogen and oxygen atoms in total. The zero-order chi connectivity index (χ0) is 20.1. The maximum atomic E-state index is 2.49. The standard InChI is InChI=1S/C25H34NSi/c1-17-14-18(2)19(3)23(15-17)24-22-11-10-21(27(8,9)25(4,5)6)16-20(22)12-13-26(24)7/h10-16H,1-9H3/q+1. The molecule has 1 heterocycles. The molecular weight excluding hydrogens is 342 g/mol. The number of fused-ring (bicyclic) bond motifs is 1. The lowest BCUT2D eigenvalue weighted by molar-refractivity contribution is -0.659. The summed E-state index contributed by atoms with van der Waals surface area (Å²) in [5.74, 6) is 0. The monoisotopic (exact) mass is 376 g/mol. The van der Waals surface area contributed by atoms with Crippen molar-refractivity contribution in [1.29, 1.82) is 0 Å². The fourth-order valence-electron chi connectivity index (χ4n) is 3.82. The largest absolute Gasteiger partial charge is 0.220 e. The van der Waals surface area contributed by atoms with Crippen molar-refractivity contribution in [1.82, 2.24) is 0 Å². The van der Waals surface area contributed by atoms with Crippen LogP contribution in [0.1, 0.15) is 37.5 Å². The molecular formula is C25H34NSi+. The Kier molecular flexibility index (Phi) is 4.84. The van der Waals surface area contributed by atoms with Crippen LogP contribution in [0.3, 0.4) is 0 Å². The van der Waals surface area contributed by atoms with E-state index in [1.807, 2.05) is 0 Å². The Morgan fingerprint density at radius 1 is 0.889 bits per heavy atom. The summed E-state index contributed by atoms with van der Waals surface area (Å²) in [6, 6.07) is 14.1. The summed E-state index contributed by atoms with van der Waals surface area (Å²) in [4.78, 5) is 0. The minimum absolute atomic E-state index is 0.340. The normalized spacial score (nSPS) is 12.6. The first-order chi connectivity index (χ1) is 12.4. The van der Waals surface area contributed by atoms with Gasteiger partial charge in [-0.2, -0.15) is 0 Å². The minimum atomic E-state index is -1.54. The highest BCUT2D eigenvalue weighted by Crippen LogP contribution is 2.36. The fraction of sp³-hybridized carbons (Fsp3) is 0.400. The summed E-state index contributed by atoms with van der Waals surface area (Å²) in [5, 5.41) is 4.58. The second-order valence-electron chi connectivity index (χ2n) is 9.71. The summed E-state index contributed by atoms with van der Waals surface area (Å²) in [7, 11) is 0.616. The Labute approximate surface area is 166 Å². The van der Waals surface area contributed by atoms with Gasteiger partial charge in [0.1, 0.15) is 7.05 Å². The molecule has 1 aromatic heterocycles. The molecule has 0 aliphatic heterocycles. The Bertz CT molecular complexity index is 1020. The van der Waals surface area contributed by atoms with Gasteiger partial charge in [0.25, 0.3) is 0 Å². The van der Waals surface area contributed by atoms with Crippen LogP contribution in [-0.2, 0) is 7.05 Å². The number of rotatable bonds is 2. The van der Waals surface area contributed by atoms with Gasteiger partial charge >= 0.3 is 0 Å². The van der Waals surface area contributed by atoms with Gasteiger partial charge in [-0.05, 0) is 54.5 Å². The summed E-state index contributed by atoms with van der Waals surface area (Å²) in [6.45, 7) is 18.8. The van der Waals surface area contributed by atoms with Crippen LogP contribution >= 0.6 is 0 Å². The van der Waals surface area contributed by atoms with Crippen LogP contribution in [0.25, 0.3) is 22.0 Å². The van der Waals surface area contributed by atoms with Crippen molar-refractivity contribution in [2.24, 2.45) is 7.05 Å². The highest BCUT2D eigenvalue weighted by Gasteiger charge is 2.37. The number of pyridine rings is 1. The number of hydrogen-bond donors (Lipinski definition) is 0. The molecule has 0 N–H and O–H groups in total. The molecule has 3 aromatic rings. The molecule has 0 aliphatic carbocycles. The number of benzene rings is 2. The third-order valence-electron chi connectivity index (χ3n) is 6.80. The lowest BCUT2D eigenvalue weighted by Crippen LogP contribution is -2.49. The molecule has 0 aliphatic rings. The number of hydrogen-bond acceptors (Lipinski definition) is 0. The van der Waals surface area contributed by atoms with Crippen LogP contribution in [0.2, 0.25) is 18.1 Å². The first-order valence-electron chi connectivity index (χ1n) is 9.94. The van der Waals surface area contributed by atoms with Crippen molar-refractivity contribution in [3.63, 3.8) is 0 Å². The molecule has 0 fully saturated rings. The molecule has 142 valence electrons. The van der Waals surface area contributed by atoms with Crippen LogP contribution in [-0.4, -0.2) is 8.07 Å². The topological polar surface area (TPSA) is 3.88 Å². The van der Waals surface area contributed by atoms with Crippen LogP contribution in [0.5, 0.6) is 0 Å². The lowest BCUT2D eigenvalue weighted by Gasteiger charge is -2.37. The van der Waals surface area contributed by atoms with E-state index < -0.39 is 8.07 Å². The minimum Gasteiger partial charge on any atom is -0.200 e. The molecule has 0 unspecified atom stereocenters. The van der Waals surface area contributed by atoms with Crippen molar-refractivity contribution in [3.05, 3.63) is 59.3 Å². The molecule has 2 aromatic carbocycles. The smallest absolute Gasteiger partial charge is 0.200 e. The van der Waals surface area contributed by atoms with Crippen molar-refractivity contribution >= 4 is 24.0 Å². The maximum absolute atomic E-state index is 2.49. The van der Waals surface area contributed by atoms with Crippen LogP contribution in [0, 0.1) is 20.8 Å². The van der Waals surface area contributed by atoms with E-state index in [4.69, 9.17) is 0 Å². The quantitative estimate of drug-likeness (QED) is 0.383. The SMILES string of the molecule is Cc1cc(C)c(C)c(-c2c3ccc([Si](C)(C)C(C)(C)C)cc3cc[n+]2C)c1. The Balaban J connectivity index is 2.30. The Morgan fingerprint density at radius 3 is 2.19 bits per heavy atom. The maximum Gasteiger partial charge on any atom is 0.220 e. The zero-order valence-corrected chi connectivity index (χ0v) is 19.5. The van der Waals surface area contributed by atoms with Crippen LogP contribution in [0.15, 0.2) is 42.6 Å². The third-order valence-corrected chi connectivity index (χ3v) is 12.3. The van der Waals surface area contributed by atoms with Crippen LogP contribution < -0.4 is 9.75 Å². The van der Waals surface area contributed by atoms with Crippen molar-refractivity contribution < 1.29 is 4.57 Å². The van der Waals surface area contributed by atoms with E-state index in [2.05, 4.69) is 109 Å². The average Bonchev–Trinajstić information content (AvgIpc) is 2.57. The third kappa shape index (κ3) is 3.36. The summed E-state index contributed by atoms with van der Waals surface area (Å²) in [6.07, 6.45) is 2.21. The highest BCUT2D eigenvalue weighted by atomic mass is 28.3. The average molecular weight is 377 g/mol. The summed E-state index contributed by atoms with van der Waals surface area (Å²) < 4.78 is 2.27. The van der Waals surface area contributed by atoms with Gasteiger partial charge in [-0.3, -0.25) is 0 Å². The molecule has 0 bridgehead atoms. The molecule has 0 saturated carbocycles. The van der Waals surface area contributed by atoms with E-state index in [-0.39, 0.29) is 0 Å². The van der Waals surface area contributed by atoms with Gasteiger partial charge in [-0.1, -0.05) is 62.8 Å². The Hall–Kier alpha value is -1.93. The van der Waals surface area contributed by atoms with Gasteiger partial charge in [-0.15, -0.1) is 0 Å². The van der Waals surface area contributed by atoms with E-state index in [0.717, 1.165) is 0 Å². The molecule has 0 radical (unpaired) electrons. The van der Waals surface area contributed by atoms with Gasteiger partial charge in [0.05, 0.1) is 19.0 Å². The molecule has 0 atom stereocenters.